The molecule has 0 atom stereocenters. The number of rotatable bonds is 3. The molecule has 1 aliphatic rings. The van der Waals surface area contributed by atoms with Gasteiger partial charge in [0, 0.05) is 12.3 Å². The van der Waals surface area contributed by atoms with Crippen LogP contribution in [0.5, 0.6) is 0 Å². The second-order valence-electron chi connectivity index (χ2n) is 5.53. The summed E-state index contributed by atoms with van der Waals surface area (Å²) in [6, 6.07) is 3.35. The summed E-state index contributed by atoms with van der Waals surface area (Å²) in [6.45, 7) is 0. The molecule has 0 unspecified atom stereocenters. The van der Waals surface area contributed by atoms with Crippen LogP contribution in [0.1, 0.15) is 25.7 Å². The topological polar surface area (TPSA) is 72.0 Å². The molecule has 2 aromatic rings. The molecule has 0 amide bonds. The van der Waals surface area contributed by atoms with Gasteiger partial charge in [0.2, 0.25) is 0 Å². The van der Waals surface area contributed by atoms with E-state index in [9.17, 15) is 8.42 Å². The van der Waals surface area contributed by atoms with Crippen molar-refractivity contribution in [3.05, 3.63) is 22.2 Å². The normalized spacial score (nSPS) is 16.3. The molecule has 1 aliphatic carbocycles. The molecule has 1 aromatic heterocycles. The number of aromatic nitrogens is 2. The molecule has 0 radical (unpaired) electrons. The minimum Gasteiger partial charge on any atom is -0.365 e. The first-order chi connectivity index (χ1) is 10.3. The van der Waals surface area contributed by atoms with E-state index in [0.29, 0.717) is 26.9 Å². The maximum Gasteiger partial charge on any atom is 0.198 e. The van der Waals surface area contributed by atoms with E-state index in [4.69, 9.17) is 23.2 Å². The van der Waals surface area contributed by atoms with Crippen molar-refractivity contribution in [3.63, 3.8) is 0 Å². The Morgan fingerprint density at radius 3 is 2.18 bits per heavy atom. The standard InChI is InChI=1S/C14H15Cl2N3O2S/c1-22(20,21)14-13(17-8-4-2-3-5-8)18-11-6-9(15)10(16)7-12(11)19-14/h6-8H,2-5H2,1H3,(H,17,18). The molecule has 3 rings (SSSR count). The van der Waals surface area contributed by atoms with Crippen LogP contribution in [0.2, 0.25) is 10.0 Å². The molecule has 1 N–H and O–H groups in total. The molecule has 0 bridgehead atoms. The fraction of sp³-hybridized carbons (Fsp3) is 0.429. The summed E-state index contributed by atoms with van der Waals surface area (Å²) in [5.41, 5.74) is 0.925. The lowest BCUT2D eigenvalue weighted by Gasteiger charge is -2.15. The van der Waals surface area contributed by atoms with Crippen LogP contribution in [0, 0.1) is 0 Å². The Labute approximate surface area is 139 Å². The molecule has 1 saturated carbocycles. The Morgan fingerprint density at radius 1 is 1.09 bits per heavy atom. The number of hydrogen-bond donors (Lipinski definition) is 1. The smallest absolute Gasteiger partial charge is 0.198 e. The summed E-state index contributed by atoms with van der Waals surface area (Å²) in [6.07, 6.45) is 5.40. The predicted octanol–water partition coefficient (Wildman–Crippen LogP) is 3.69. The van der Waals surface area contributed by atoms with Crippen molar-refractivity contribution >= 4 is 49.9 Å². The summed E-state index contributed by atoms with van der Waals surface area (Å²) >= 11 is 12.0. The van der Waals surface area contributed by atoms with Gasteiger partial charge in [-0.1, -0.05) is 36.0 Å². The van der Waals surface area contributed by atoms with Crippen LogP contribution < -0.4 is 5.32 Å². The van der Waals surface area contributed by atoms with Crippen molar-refractivity contribution in [2.75, 3.05) is 11.6 Å². The number of sulfone groups is 1. The number of halogens is 2. The van der Waals surface area contributed by atoms with E-state index < -0.39 is 9.84 Å². The highest BCUT2D eigenvalue weighted by molar-refractivity contribution is 7.90. The number of anilines is 1. The number of nitrogens with one attached hydrogen (secondary N) is 1. The summed E-state index contributed by atoms with van der Waals surface area (Å²) < 4.78 is 24.0. The lowest BCUT2D eigenvalue weighted by atomic mass is 10.2. The number of nitrogens with zero attached hydrogens (tertiary/aromatic N) is 2. The second kappa shape index (κ2) is 5.83. The van der Waals surface area contributed by atoms with Crippen molar-refractivity contribution in [1.82, 2.24) is 9.97 Å². The minimum atomic E-state index is -3.50. The predicted molar refractivity (Wildman–Crippen MR) is 88.5 cm³/mol. The number of benzene rings is 1. The molecular formula is C14H15Cl2N3O2S. The average molecular weight is 360 g/mol. The van der Waals surface area contributed by atoms with Crippen molar-refractivity contribution < 1.29 is 8.42 Å². The molecule has 1 fully saturated rings. The summed E-state index contributed by atoms with van der Waals surface area (Å²) in [7, 11) is -3.50. The second-order valence-corrected chi connectivity index (χ2v) is 8.28. The first-order valence-electron chi connectivity index (χ1n) is 6.98. The van der Waals surface area contributed by atoms with Crippen LogP contribution in [0.25, 0.3) is 11.0 Å². The lowest BCUT2D eigenvalue weighted by Crippen LogP contribution is -2.19. The monoisotopic (exact) mass is 359 g/mol. The molecule has 118 valence electrons. The highest BCUT2D eigenvalue weighted by atomic mass is 35.5. The largest absolute Gasteiger partial charge is 0.365 e. The third-order valence-corrected chi connectivity index (χ3v) is 5.43. The zero-order valence-corrected chi connectivity index (χ0v) is 14.3. The van der Waals surface area contributed by atoms with E-state index in [1.54, 1.807) is 6.07 Å². The highest BCUT2D eigenvalue weighted by Crippen LogP contribution is 2.30. The zero-order valence-electron chi connectivity index (χ0n) is 11.9. The Balaban J connectivity index is 2.16. The maximum atomic E-state index is 12.0. The molecule has 22 heavy (non-hydrogen) atoms. The summed E-state index contributed by atoms with van der Waals surface area (Å²) in [5, 5.41) is 3.84. The quantitative estimate of drug-likeness (QED) is 0.904. The Kier molecular flexibility index (Phi) is 4.18. The highest BCUT2D eigenvalue weighted by Gasteiger charge is 2.23. The van der Waals surface area contributed by atoms with Gasteiger partial charge >= 0.3 is 0 Å². The molecular weight excluding hydrogens is 345 g/mol. The fourth-order valence-corrected chi connectivity index (χ4v) is 3.69. The molecule has 8 heteroatoms. The SMILES string of the molecule is CS(=O)(=O)c1nc2cc(Cl)c(Cl)cc2nc1NC1CCCC1. The van der Waals surface area contributed by atoms with Gasteiger partial charge in [-0.15, -0.1) is 0 Å². The molecule has 0 saturated heterocycles. The first kappa shape index (κ1) is 15.8. The van der Waals surface area contributed by atoms with Gasteiger partial charge < -0.3 is 5.32 Å². The van der Waals surface area contributed by atoms with Gasteiger partial charge in [-0.05, 0) is 25.0 Å². The van der Waals surface area contributed by atoms with Crippen molar-refractivity contribution in [2.24, 2.45) is 0 Å². The van der Waals surface area contributed by atoms with E-state index in [0.717, 1.165) is 31.9 Å². The van der Waals surface area contributed by atoms with Gasteiger partial charge in [-0.25, -0.2) is 18.4 Å². The van der Waals surface area contributed by atoms with E-state index in [-0.39, 0.29) is 11.1 Å². The van der Waals surface area contributed by atoms with Crippen LogP contribution >= 0.6 is 23.2 Å². The number of fused-ring (bicyclic) bond motifs is 1. The van der Waals surface area contributed by atoms with Crippen LogP contribution in [0.15, 0.2) is 17.2 Å². The molecule has 0 spiro atoms. The van der Waals surface area contributed by atoms with Gasteiger partial charge in [0.25, 0.3) is 0 Å². The van der Waals surface area contributed by atoms with E-state index >= 15 is 0 Å². The Bertz CT molecular complexity index is 834. The van der Waals surface area contributed by atoms with E-state index in [1.165, 1.54) is 6.07 Å². The van der Waals surface area contributed by atoms with Crippen molar-refractivity contribution in [2.45, 2.75) is 36.8 Å². The van der Waals surface area contributed by atoms with Crippen LogP contribution in [0.3, 0.4) is 0 Å². The van der Waals surface area contributed by atoms with Gasteiger partial charge in [0.15, 0.2) is 20.7 Å². The van der Waals surface area contributed by atoms with Gasteiger partial charge in [0.1, 0.15) is 0 Å². The van der Waals surface area contributed by atoms with Gasteiger partial charge in [-0.2, -0.15) is 0 Å². The zero-order chi connectivity index (χ0) is 15.9. The van der Waals surface area contributed by atoms with Crippen LogP contribution in [-0.4, -0.2) is 30.7 Å². The van der Waals surface area contributed by atoms with E-state index in [1.807, 2.05) is 0 Å². The summed E-state index contributed by atoms with van der Waals surface area (Å²) in [4.78, 5) is 8.65. The number of hydrogen-bond acceptors (Lipinski definition) is 5. The Morgan fingerprint density at radius 2 is 1.64 bits per heavy atom. The average Bonchev–Trinajstić information content (AvgIpc) is 2.91. The van der Waals surface area contributed by atoms with Crippen molar-refractivity contribution in [1.29, 1.82) is 0 Å². The molecule has 1 heterocycles. The van der Waals surface area contributed by atoms with Crippen LogP contribution in [0.4, 0.5) is 5.82 Å². The molecule has 0 aliphatic heterocycles. The summed E-state index contributed by atoms with van der Waals surface area (Å²) in [5.74, 6) is 0.292. The van der Waals surface area contributed by atoms with E-state index in [2.05, 4.69) is 15.3 Å². The first-order valence-corrected chi connectivity index (χ1v) is 9.63. The Hall–Kier alpha value is -1.11. The van der Waals surface area contributed by atoms with Gasteiger partial charge in [-0.3, -0.25) is 0 Å². The van der Waals surface area contributed by atoms with Gasteiger partial charge in [0.05, 0.1) is 21.1 Å². The van der Waals surface area contributed by atoms with Crippen molar-refractivity contribution in [3.8, 4) is 0 Å². The lowest BCUT2D eigenvalue weighted by molar-refractivity contribution is 0.598. The molecule has 5 nitrogen and oxygen atoms in total. The third kappa shape index (κ3) is 3.14. The fourth-order valence-electron chi connectivity index (χ4n) is 2.65. The van der Waals surface area contributed by atoms with Crippen LogP contribution in [-0.2, 0) is 9.84 Å². The maximum absolute atomic E-state index is 12.0. The third-order valence-electron chi connectivity index (χ3n) is 3.72. The molecule has 1 aromatic carbocycles. The minimum absolute atomic E-state index is 0.0507.